The molecular formula is C20H26O2. The third kappa shape index (κ3) is 1.92. The lowest BCUT2D eigenvalue weighted by atomic mass is 9.54. The van der Waals surface area contributed by atoms with Crippen LogP contribution in [-0.4, -0.2) is 10.2 Å². The molecule has 22 heavy (non-hydrogen) atoms. The van der Waals surface area contributed by atoms with Gasteiger partial charge in [0, 0.05) is 0 Å². The summed E-state index contributed by atoms with van der Waals surface area (Å²) in [6, 6.07) is 6.01. The highest BCUT2D eigenvalue weighted by molar-refractivity contribution is 5.40. The van der Waals surface area contributed by atoms with Crippen molar-refractivity contribution in [3.05, 3.63) is 41.7 Å². The number of allylic oxidation sites excluding steroid dienone is 1. The minimum atomic E-state index is 0.370. The normalized spacial score (nSPS) is 40.2. The van der Waals surface area contributed by atoms with Gasteiger partial charge < -0.3 is 10.2 Å². The number of benzene rings is 1. The summed E-state index contributed by atoms with van der Waals surface area (Å²) < 4.78 is 0. The molecule has 2 nitrogen and oxygen atoms in total. The van der Waals surface area contributed by atoms with Gasteiger partial charge >= 0.3 is 0 Å². The van der Waals surface area contributed by atoms with E-state index in [1.54, 1.807) is 0 Å². The molecule has 118 valence electrons. The van der Waals surface area contributed by atoms with Crippen LogP contribution in [0, 0.1) is 23.2 Å². The molecule has 0 spiro atoms. The zero-order valence-corrected chi connectivity index (χ0v) is 13.3. The van der Waals surface area contributed by atoms with Crippen molar-refractivity contribution in [2.24, 2.45) is 23.2 Å². The van der Waals surface area contributed by atoms with E-state index in [0.717, 1.165) is 18.3 Å². The van der Waals surface area contributed by atoms with Gasteiger partial charge in [-0.25, -0.2) is 0 Å². The van der Waals surface area contributed by atoms with Gasteiger partial charge in [0.15, 0.2) is 0 Å². The van der Waals surface area contributed by atoms with E-state index >= 15 is 0 Å². The maximum Gasteiger partial charge on any atom is 0.115 e. The number of aliphatic hydroxyl groups excluding tert-OH is 1. The van der Waals surface area contributed by atoms with Crippen molar-refractivity contribution in [2.75, 3.05) is 0 Å². The first-order valence-electron chi connectivity index (χ1n) is 8.76. The molecular weight excluding hydrogens is 272 g/mol. The monoisotopic (exact) mass is 298 g/mol. The van der Waals surface area contributed by atoms with Crippen LogP contribution in [0.25, 0.3) is 0 Å². The number of phenolic OH excluding ortho intramolecular Hbond substituents is 1. The number of fused-ring (bicyclic) bond motifs is 5. The lowest BCUT2D eigenvalue weighted by Crippen LogP contribution is -2.41. The van der Waals surface area contributed by atoms with E-state index in [1.807, 2.05) is 18.2 Å². The Bertz CT molecular complexity index is 606. The zero-order chi connectivity index (χ0) is 15.3. The predicted molar refractivity (Wildman–Crippen MR) is 88.0 cm³/mol. The molecule has 0 unspecified atom stereocenters. The molecule has 0 amide bonds. The van der Waals surface area contributed by atoms with Gasteiger partial charge in [0.2, 0.25) is 0 Å². The van der Waals surface area contributed by atoms with Crippen LogP contribution in [0.5, 0.6) is 5.75 Å². The summed E-state index contributed by atoms with van der Waals surface area (Å²) in [6.45, 7) is 2.46. The lowest BCUT2D eigenvalue weighted by molar-refractivity contribution is 0.0405. The Hall–Kier alpha value is -1.44. The molecule has 1 aromatic carbocycles. The molecule has 0 aliphatic heterocycles. The van der Waals surface area contributed by atoms with Gasteiger partial charge in [0.25, 0.3) is 0 Å². The van der Waals surface area contributed by atoms with Crippen LogP contribution in [0.15, 0.2) is 30.5 Å². The number of hydrogen-bond donors (Lipinski definition) is 2. The summed E-state index contributed by atoms with van der Waals surface area (Å²) in [6.07, 6.45) is 10.7. The zero-order valence-electron chi connectivity index (χ0n) is 13.3. The summed E-state index contributed by atoms with van der Waals surface area (Å²) in [5.74, 6) is 3.21. The van der Waals surface area contributed by atoms with E-state index in [2.05, 4.69) is 13.0 Å². The molecule has 0 aromatic heterocycles. The SMILES string of the molecule is C[C@]12CC[C@@H]3c4ccc(O)cc4CC[C@H]3[C@@H]1CC[C@@H]2C=CO. The molecule has 2 N–H and O–H groups in total. The topological polar surface area (TPSA) is 40.5 Å². The van der Waals surface area contributed by atoms with Gasteiger partial charge in [-0.15, -0.1) is 0 Å². The second-order valence-corrected chi connectivity index (χ2v) is 7.87. The average Bonchev–Trinajstić information content (AvgIpc) is 2.84. The standard InChI is InChI=1S/C20H26O2/c1-20-10-8-17-16-6-4-15(22)12-13(16)2-5-18(17)19(20)7-3-14(20)9-11-21/h4,6,9,11-12,14,17-19,21-22H,2-3,5,7-8,10H2,1H3/t14-,17-,18-,19+,20-/m1/s1. The summed E-state index contributed by atoms with van der Waals surface area (Å²) >= 11 is 0. The molecule has 2 heteroatoms. The van der Waals surface area contributed by atoms with Crippen LogP contribution in [0.2, 0.25) is 0 Å². The van der Waals surface area contributed by atoms with Crippen molar-refractivity contribution < 1.29 is 10.2 Å². The second kappa shape index (κ2) is 5.04. The van der Waals surface area contributed by atoms with Crippen molar-refractivity contribution in [3.8, 4) is 5.75 Å². The summed E-state index contributed by atoms with van der Waals surface area (Å²) in [5.41, 5.74) is 3.24. The van der Waals surface area contributed by atoms with Gasteiger partial charge in [0.05, 0.1) is 6.26 Å². The summed E-state index contributed by atoms with van der Waals surface area (Å²) in [7, 11) is 0. The largest absolute Gasteiger partial charge is 0.516 e. The first-order valence-corrected chi connectivity index (χ1v) is 8.76. The van der Waals surface area contributed by atoms with Gasteiger partial charge in [0.1, 0.15) is 5.75 Å². The molecule has 0 radical (unpaired) electrons. The molecule has 0 bridgehead atoms. The maximum absolute atomic E-state index is 9.74. The van der Waals surface area contributed by atoms with Crippen molar-refractivity contribution in [2.45, 2.75) is 51.4 Å². The third-order valence-corrected chi connectivity index (χ3v) is 7.10. The minimum Gasteiger partial charge on any atom is -0.516 e. The maximum atomic E-state index is 9.74. The molecule has 3 aliphatic carbocycles. The fraction of sp³-hybridized carbons (Fsp3) is 0.600. The quantitative estimate of drug-likeness (QED) is 0.721. The number of aliphatic hydroxyl groups is 1. The molecule has 0 saturated heterocycles. The van der Waals surface area contributed by atoms with Crippen molar-refractivity contribution in [1.29, 1.82) is 0 Å². The Morgan fingerprint density at radius 3 is 2.86 bits per heavy atom. The molecule has 3 aliphatic rings. The van der Waals surface area contributed by atoms with E-state index in [9.17, 15) is 10.2 Å². The van der Waals surface area contributed by atoms with Gasteiger partial charge in [-0.1, -0.05) is 13.0 Å². The molecule has 1 aromatic rings. The fourth-order valence-electron chi connectivity index (χ4n) is 6.03. The Morgan fingerprint density at radius 2 is 2.05 bits per heavy atom. The van der Waals surface area contributed by atoms with Gasteiger partial charge in [-0.05, 0) is 96.9 Å². The third-order valence-electron chi connectivity index (χ3n) is 7.10. The average molecular weight is 298 g/mol. The molecule has 5 atom stereocenters. The van der Waals surface area contributed by atoms with Gasteiger partial charge in [-0.3, -0.25) is 0 Å². The van der Waals surface area contributed by atoms with Crippen molar-refractivity contribution in [1.82, 2.24) is 0 Å². The number of aryl methyl sites for hydroxylation is 1. The lowest BCUT2D eigenvalue weighted by Gasteiger charge is -2.50. The fourth-order valence-corrected chi connectivity index (χ4v) is 6.03. The first-order chi connectivity index (χ1) is 10.6. The minimum absolute atomic E-state index is 0.370. The van der Waals surface area contributed by atoms with Crippen LogP contribution < -0.4 is 0 Å². The van der Waals surface area contributed by atoms with Crippen LogP contribution >= 0.6 is 0 Å². The Labute approximate surface area is 132 Å². The van der Waals surface area contributed by atoms with Crippen LogP contribution in [-0.2, 0) is 6.42 Å². The van der Waals surface area contributed by atoms with E-state index in [1.165, 1.54) is 49.5 Å². The predicted octanol–water partition coefficient (Wildman–Crippen LogP) is 4.94. The van der Waals surface area contributed by atoms with Crippen molar-refractivity contribution >= 4 is 0 Å². The number of hydrogen-bond acceptors (Lipinski definition) is 2. The van der Waals surface area contributed by atoms with Crippen molar-refractivity contribution in [3.63, 3.8) is 0 Å². The highest BCUT2D eigenvalue weighted by Crippen LogP contribution is 2.63. The van der Waals surface area contributed by atoms with Gasteiger partial charge in [-0.2, -0.15) is 0 Å². The number of phenols is 1. The van der Waals surface area contributed by atoms with E-state index < -0.39 is 0 Å². The number of aromatic hydroxyl groups is 1. The molecule has 2 fully saturated rings. The van der Waals surface area contributed by atoms with E-state index in [0.29, 0.717) is 23.0 Å². The Morgan fingerprint density at radius 1 is 1.18 bits per heavy atom. The molecule has 0 heterocycles. The summed E-state index contributed by atoms with van der Waals surface area (Å²) in [4.78, 5) is 0. The smallest absolute Gasteiger partial charge is 0.115 e. The van der Waals surface area contributed by atoms with Crippen LogP contribution in [0.3, 0.4) is 0 Å². The summed E-state index contributed by atoms with van der Waals surface area (Å²) in [5, 5.41) is 19.0. The second-order valence-electron chi connectivity index (χ2n) is 7.87. The Balaban J connectivity index is 1.67. The molecule has 4 rings (SSSR count). The van der Waals surface area contributed by atoms with E-state index in [-0.39, 0.29) is 0 Å². The first kappa shape index (κ1) is 14.2. The molecule has 2 saturated carbocycles. The number of rotatable bonds is 1. The van der Waals surface area contributed by atoms with Crippen LogP contribution in [0.1, 0.15) is 56.1 Å². The Kier molecular flexibility index (Phi) is 3.25. The van der Waals surface area contributed by atoms with Crippen LogP contribution in [0.4, 0.5) is 0 Å². The highest BCUT2D eigenvalue weighted by atomic mass is 16.3. The highest BCUT2D eigenvalue weighted by Gasteiger charge is 2.53. The van der Waals surface area contributed by atoms with E-state index in [4.69, 9.17) is 0 Å².